The van der Waals surface area contributed by atoms with Crippen LogP contribution in [0.1, 0.15) is 31.4 Å². The minimum absolute atomic E-state index is 0.0185. The van der Waals surface area contributed by atoms with Gasteiger partial charge in [0.05, 0.1) is 5.02 Å². The molecule has 0 radical (unpaired) electrons. The second-order valence-corrected chi connectivity index (χ2v) is 6.79. The highest BCUT2D eigenvalue weighted by molar-refractivity contribution is 6.35. The Kier molecular flexibility index (Phi) is 5.47. The van der Waals surface area contributed by atoms with Gasteiger partial charge in [-0.05, 0) is 43.2 Å². The number of nitrogens with one attached hydrogen (secondary N) is 1. The van der Waals surface area contributed by atoms with E-state index in [4.69, 9.17) is 27.6 Å². The lowest BCUT2D eigenvalue weighted by Gasteiger charge is -2.10. The van der Waals surface area contributed by atoms with E-state index in [1.807, 2.05) is 6.07 Å². The molecule has 1 aromatic carbocycles. The molecule has 0 bridgehead atoms. The van der Waals surface area contributed by atoms with Crippen LogP contribution in [-0.4, -0.2) is 11.9 Å². The number of furan rings is 1. The summed E-state index contributed by atoms with van der Waals surface area (Å²) in [6.07, 6.45) is 5.58. The van der Waals surface area contributed by atoms with Crippen molar-refractivity contribution in [3.8, 4) is 17.4 Å². The Bertz CT molecular complexity index is 859. The molecule has 1 aliphatic carbocycles. The summed E-state index contributed by atoms with van der Waals surface area (Å²) in [6.45, 7) is 0. The zero-order valence-electron chi connectivity index (χ0n) is 13.4. The smallest absolute Gasteiger partial charge is 0.262 e. The van der Waals surface area contributed by atoms with Crippen LogP contribution in [0, 0.1) is 11.3 Å². The van der Waals surface area contributed by atoms with Gasteiger partial charge in [0, 0.05) is 22.7 Å². The number of carbonyl (C=O) groups excluding carboxylic acids is 1. The highest BCUT2D eigenvalue weighted by Gasteiger charge is 2.19. The molecular weight excluding hydrogens is 359 g/mol. The molecule has 1 saturated carbocycles. The molecular formula is C19H16Cl2N2O2. The van der Waals surface area contributed by atoms with Gasteiger partial charge in [-0.1, -0.05) is 36.0 Å². The minimum atomic E-state index is -0.367. The first-order chi connectivity index (χ1) is 12.1. The molecule has 0 atom stereocenters. The molecule has 0 unspecified atom stereocenters. The van der Waals surface area contributed by atoms with Crippen molar-refractivity contribution in [1.29, 1.82) is 5.26 Å². The van der Waals surface area contributed by atoms with Crippen molar-refractivity contribution >= 4 is 35.2 Å². The summed E-state index contributed by atoms with van der Waals surface area (Å²) in [5.41, 5.74) is 0.674. The predicted octanol–water partition coefficient (Wildman–Crippen LogP) is 5.22. The molecule has 1 amide bonds. The number of amides is 1. The van der Waals surface area contributed by atoms with E-state index in [1.165, 1.54) is 6.08 Å². The molecule has 0 saturated heterocycles. The van der Waals surface area contributed by atoms with Gasteiger partial charge in [0.2, 0.25) is 0 Å². The van der Waals surface area contributed by atoms with Crippen LogP contribution in [-0.2, 0) is 4.79 Å². The maximum atomic E-state index is 12.2. The Morgan fingerprint density at radius 1 is 1.24 bits per heavy atom. The van der Waals surface area contributed by atoms with Crippen LogP contribution in [0.5, 0.6) is 0 Å². The molecule has 1 heterocycles. The molecule has 1 fully saturated rings. The fourth-order valence-electron chi connectivity index (χ4n) is 2.89. The third kappa shape index (κ3) is 4.25. The van der Waals surface area contributed by atoms with Gasteiger partial charge in [-0.25, -0.2) is 0 Å². The van der Waals surface area contributed by atoms with E-state index in [0.717, 1.165) is 25.7 Å². The van der Waals surface area contributed by atoms with Crippen molar-refractivity contribution in [3.05, 3.63) is 51.7 Å². The van der Waals surface area contributed by atoms with Crippen LogP contribution >= 0.6 is 23.2 Å². The van der Waals surface area contributed by atoms with E-state index in [0.29, 0.717) is 27.1 Å². The Hall–Kier alpha value is -2.22. The topological polar surface area (TPSA) is 66.0 Å². The number of benzene rings is 1. The summed E-state index contributed by atoms with van der Waals surface area (Å²) in [5.74, 6) is 0.560. The Balaban J connectivity index is 1.80. The Morgan fingerprint density at radius 3 is 2.72 bits per heavy atom. The highest BCUT2D eigenvalue weighted by Crippen LogP contribution is 2.32. The predicted molar refractivity (Wildman–Crippen MR) is 98.2 cm³/mol. The van der Waals surface area contributed by atoms with Crippen molar-refractivity contribution in [2.24, 2.45) is 0 Å². The Morgan fingerprint density at radius 2 is 2.00 bits per heavy atom. The molecule has 3 rings (SSSR count). The summed E-state index contributed by atoms with van der Waals surface area (Å²) in [5, 5.41) is 13.2. The van der Waals surface area contributed by atoms with E-state index in [1.54, 1.807) is 30.3 Å². The van der Waals surface area contributed by atoms with Crippen LogP contribution in [0.2, 0.25) is 10.0 Å². The van der Waals surface area contributed by atoms with Gasteiger partial charge in [-0.15, -0.1) is 0 Å². The van der Waals surface area contributed by atoms with Crippen molar-refractivity contribution in [2.45, 2.75) is 31.7 Å². The van der Waals surface area contributed by atoms with E-state index >= 15 is 0 Å². The standard InChI is InChI=1S/C19H16Cl2N2O2/c20-13-5-7-17(21)16(10-13)18-8-6-15(25-18)9-12(11-22)19(24)23-14-3-1-2-4-14/h5-10,14H,1-4H2,(H,23,24)/b12-9-. The van der Waals surface area contributed by atoms with E-state index in [-0.39, 0.29) is 17.5 Å². The molecule has 0 spiro atoms. The van der Waals surface area contributed by atoms with Crippen LogP contribution in [0.15, 0.2) is 40.3 Å². The maximum Gasteiger partial charge on any atom is 0.262 e. The highest BCUT2D eigenvalue weighted by atomic mass is 35.5. The normalized spacial score (nSPS) is 15.2. The summed E-state index contributed by atoms with van der Waals surface area (Å²) in [6, 6.07) is 10.6. The molecule has 1 aromatic heterocycles. The van der Waals surface area contributed by atoms with Gasteiger partial charge in [0.15, 0.2) is 0 Å². The number of nitrogens with zero attached hydrogens (tertiary/aromatic N) is 1. The average Bonchev–Trinajstić information content (AvgIpc) is 3.26. The van der Waals surface area contributed by atoms with Crippen molar-refractivity contribution < 1.29 is 9.21 Å². The van der Waals surface area contributed by atoms with Gasteiger partial charge in [-0.2, -0.15) is 5.26 Å². The summed E-state index contributed by atoms with van der Waals surface area (Å²) in [4.78, 5) is 12.2. The Labute approximate surface area is 156 Å². The van der Waals surface area contributed by atoms with E-state index in [9.17, 15) is 10.1 Å². The average molecular weight is 375 g/mol. The summed E-state index contributed by atoms with van der Waals surface area (Å²) < 4.78 is 5.71. The fourth-order valence-corrected chi connectivity index (χ4v) is 3.27. The maximum absolute atomic E-state index is 12.2. The zero-order valence-corrected chi connectivity index (χ0v) is 14.9. The van der Waals surface area contributed by atoms with E-state index in [2.05, 4.69) is 5.32 Å². The summed E-state index contributed by atoms with van der Waals surface area (Å²) >= 11 is 12.2. The zero-order chi connectivity index (χ0) is 17.8. The quantitative estimate of drug-likeness (QED) is 0.589. The lowest BCUT2D eigenvalue weighted by atomic mass is 10.2. The third-order valence-corrected chi connectivity index (χ3v) is 4.73. The monoisotopic (exact) mass is 374 g/mol. The molecule has 128 valence electrons. The van der Waals surface area contributed by atoms with E-state index < -0.39 is 0 Å². The van der Waals surface area contributed by atoms with Crippen molar-refractivity contribution in [3.63, 3.8) is 0 Å². The molecule has 25 heavy (non-hydrogen) atoms. The van der Waals surface area contributed by atoms with Crippen LogP contribution in [0.4, 0.5) is 0 Å². The first kappa shape index (κ1) is 17.6. The number of nitriles is 1. The van der Waals surface area contributed by atoms with Gasteiger partial charge >= 0.3 is 0 Å². The van der Waals surface area contributed by atoms with Crippen molar-refractivity contribution in [2.75, 3.05) is 0 Å². The van der Waals surface area contributed by atoms with Crippen LogP contribution < -0.4 is 5.32 Å². The molecule has 1 aliphatic rings. The lowest BCUT2D eigenvalue weighted by molar-refractivity contribution is -0.117. The fraction of sp³-hybridized carbons (Fsp3) is 0.263. The number of hydrogen-bond acceptors (Lipinski definition) is 3. The summed E-state index contributed by atoms with van der Waals surface area (Å²) in [7, 11) is 0. The second-order valence-electron chi connectivity index (χ2n) is 5.95. The van der Waals surface area contributed by atoms with Gasteiger partial charge < -0.3 is 9.73 Å². The van der Waals surface area contributed by atoms with Gasteiger partial charge in [0.25, 0.3) is 5.91 Å². The molecule has 1 N–H and O–H groups in total. The molecule has 2 aromatic rings. The van der Waals surface area contributed by atoms with Crippen LogP contribution in [0.25, 0.3) is 17.4 Å². The molecule has 0 aliphatic heterocycles. The molecule has 4 nitrogen and oxygen atoms in total. The lowest BCUT2D eigenvalue weighted by Crippen LogP contribution is -2.33. The van der Waals surface area contributed by atoms with Gasteiger partial charge in [-0.3, -0.25) is 4.79 Å². The number of carbonyl (C=O) groups is 1. The first-order valence-electron chi connectivity index (χ1n) is 8.05. The largest absolute Gasteiger partial charge is 0.457 e. The number of hydrogen-bond donors (Lipinski definition) is 1. The van der Waals surface area contributed by atoms with Crippen molar-refractivity contribution in [1.82, 2.24) is 5.32 Å². The first-order valence-corrected chi connectivity index (χ1v) is 8.80. The minimum Gasteiger partial charge on any atom is -0.457 e. The van der Waals surface area contributed by atoms with Crippen LogP contribution in [0.3, 0.4) is 0 Å². The number of rotatable bonds is 4. The third-order valence-electron chi connectivity index (χ3n) is 4.16. The van der Waals surface area contributed by atoms with Gasteiger partial charge in [0.1, 0.15) is 23.2 Å². The SMILES string of the molecule is N#C/C(=C/c1ccc(-c2cc(Cl)ccc2Cl)o1)C(=O)NC1CCCC1. The number of halogens is 2. The second kappa shape index (κ2) is 7.77. The molecule has 6 heteroatoms.